The number of nitrogens with zero attached hydrogens (tertiary/aromatic N) is 1. The average Bonchev–Trinajstić information content (AvgIpc) is 2.52. The van der Waals surface area contributed by atoms with Crippen LogP contribution in [0, 0.1) is 11.6 Å². The summed E-state index contributed by atoms with van der Waals surface area (Å²) in [5.41, 5.74) is 1.28. The Morgan fingerprint density at radius 3 is 2.50 bits per heavy atom. The highest BCUT2D eigenvalue weighted by molar-refractivity contribution is 6.06. The molecule has 110 valence electrons. The topological polar surface area (TPSA) is 39.2 Å². The van der Waals surface area contributed by atoms with Crippen LogP contribution in [0.25, 0.3) is 22.0 Å². The summed E-state index contributed by atoms with van der Waals surface area (Å²) in [5, 5.41) is 0.759. The first kappa shape index (κ1) is 14.1. The minimum absolute atomic E-state index is 0.207. The number of ether oxygens (including phenoxy) is 1. The highest BCUT2D eigenvalue weighted by Crippen LogP contribution is 2.32. The Labute approximate surface area is 125 Å². The Morgan fingerprint density at radius 2 is 1.82 bits per heavy atom. The summed E-state index contributed by atoms with van der Waals surface area (Å²) < 4.78 is 31.9. The molecule has 0 bridgehead atoms. The van der Waals surface area contributed by atoms with Crippen molar-refractivity contribution in [3.05, 3.63) is 65.9 Å². The van der Waals surface area contributed by atoms with Gasteiger partial charge in [-0.3, -0.25) is 4.98 Å². The van der Waals surface area contributed by atoms with Crippen LogP contribution in [0.3, 0.4) is 0 Å². The third-order valence-corrected chi connectivity index (χ3v) is 3.33. The second kappa shape index (κ2) is 5.52. The predicted octanol–water partition coefficient (Wildman–Crippen LogP) is 3.97. The van der Waals surface area contributed by atoms with Gasteiger partial charge < -0.3 is 4.74 Å². The fourth-order valence-corrected chi connectivity index (χ4v) is 2.42. The van der Waals surface area contributed by atoms with Crippen LogP contribution in [0.4, 0.5) is 8.78 Å². The maximum absolute atomic E-state index is 13.6. The van der Waals surface area contributed by atoms with Crippen LogP contribution in [0.5, 0.6) is 0 Å². The van der Waals surface area contributed by atoms with Gasteiger partial charge >= 0.3 is 5.97 Å². The quantitative estimate of drug-likeness (QED) is 0.672. The molecule has 0 fully saturated rings. The number of carbonyl (C=O) groups excluding carboxylic acids is 1. The summed E-state index contributed by atoms with van der Waals surface area (Å²) in [6.07, 6.45) is 1.56. The van der Waals surface area contributed by atoms with Gasteiger partial charge in [-0.2, -0.15) is 0 Å². The standard InChI is InChI=1S/C17H11F2NO2/c1-22-17(21)14-5-4-10-3-2-6-20-16(10)15(14)11-7-12(18)9-13(19)8-11/h2-9H,1H3. The van der Waals surface area contributed by atoms with Crippen molar-refractivity contribution < 1.29 is 18.3 Å². The van der Waals surface area contributed by atoms with Crippen LogP contribution in [0.15, 0.2) is 48.7 Å². The normalized spacial score (nSPS) is 10.7. The number of methoxy groups -OCH3 is 1. The second-order valence-corrected chi connectivity index (χ2v) is 4.71. The number of hydrogen-bond donors (Lipinski definition) is 0. The predicted molar refractivity (Wildman–Crippen MR) is 78.4 cm³/mol. The molecule has 0 spiro atoms. The first-order valence-electron chi connectivity index (χ1n) is 6.52. The summed E-state index contributed by atoms with van der Waals surface area (Å²) in [7, 11) is 1.25. The van der Waals surface area contributed by atoms with Gasteiger partial charge in [0.25, 0.3) is 0 Å². The number of halogens is 2. The van der Waals surface area contributed by atoms with Gasteiger partial charge in [0.2, 0.25) is 0 Å². The highest BCUT2D eigenvalue weighted by atomic mass is 19.1. The number of aromatic nitrogens is 1. The van der Waals surface area contributed by atoms with E-state index < -0.39 is 17.6 Å². The molecule has 3 nitrogen and oxygen atoms in total. The molecule has 0 radical (unpaired) electrons. The van der Waals surface area contributed by atoms with E-state index in [2.05, 4.69) is 4.98 Å². The van der Waals surface area contributed by atoms with Crippen molar-refractivity contribution in [3.63, 3.8) is 0 Å². The van der Waals surface area contributed by atoms with E-state index in [1.165, 1.54) is 19.2 Å². The fourth-order valence-electron chi connectivity index (χ4n) is 2.42. The first-order chi connectivity index (χ1) is 10.6. The number of fused-ring (bicyclic) bond motifs is 1. The molecular formula is C17H11F2NO2. The molecule has 0 aliphatic heterocycles. The maximum atomic E-state index is 13.6. The lowest BCUT2D eigenvalue weighted by Gasteiger charge is -2.11. The van der Waals surface area contributed by atoms with E-state index in [0.29, 0.717) is 11.1 Å². The van der Waals surface area contributed by atoms with E-state index in [1.54, 1.807) is 24.4 Å². The monoisotopic (exact) mass is 299 g/mol. The Balaban J connectivity index is 2.40. The molecule has 1 heterocycles. The Kier molecular flexibility index (Phi) is 3.55. The van der Waals surface area contributed by atoms with Crippen molar-refractivity contribution >= 4 is 16.9 Å². The zero-order valence-corrected chi connectivity index (χ0v) is 11.6. The Bertz CT molecular complexity index is 857. The van der Waals surface area contributed by atoms with Gasteiger partial charge in [-0.1, -0.05) is 12.1 Å². The third-order valence-electron chi connectivity index (χ3n) is 3.33. The molecule has 0 N–H and O–H groups in total. The third kappa shape index (κ3) is 2.41. The van der Waals surface area contributed by atoms with Crippen LogP contribution >= 0.6 is 0 Å². The van der Waals surface area contributed by atoms with Crippen molar-refractivity contribution in [1.29, 1.82) is 0 Å². The average molecular weight is 299 g/mol. The number of benzene rings is 2. The minimum Gasteiger partial charge on any atom is -0.465 e. The number of pyridine rings is 1. The van der Waals surface area contributed by atoms with Gasteiger partial charge in [-0.15, -0.1) is 0 Å². The summed E-state index contributed by atoms with van der Waals surface area (Å²) >= 11 is 0. The van der Waals surface area contributed by atoms with E-state index in [1.807, 2.05) is 6.07 Å². The van der Waals surface area contributed by atoms with Gasteiger partial charge in [0.05, 0.1) is 18.2 Å². The zero-order valence-electron chi connectivity index (χ0n) is 11.6. The number of esters is 1. The number of rotatable bonds is 2. The van der Waals surface area contributed by atoms with Crippen molar-refractivity contribution in [1.82, 2.24) is 4.98 Å². The van der Waals surface area contributed by atoms with Crippen molar-refractivity contribution in [3.8, 4) is 11.1 Å². The molecule has 22 heavy (non-hydrogen) atoms. The van der Waals surface area contributed by atoms with E-state index in [-0.39, 0.29) is 11.1 Å². The highest BCUT2D eigenvalue weighted by Gasteiger charge is 2.18. The summed E-state index contributed by atoms with van der Waals surface area (Å²) in [6, 6.07) is 9.94. The van der Waals surface area contributed by atoms with E-state index >= 15 is 0 Å². The summed E-state index contributed by atoms with van der Waals surface area (Å²) in [4.78, 5) is 16.2. The smallest absolute Gasteiger partial charge is 0.338 e. The molecule has 0 saturated heterocycles. The lowest BCUT2D eigenvalue weighted by atomic mass is 9.96. The molecular weight excluding hydrogens is 288 g/mol. The van der Waals surface area contributed by atoms with Crippen molar-refractivity contribution in [2.24, 2.45) is 0 Å². The summed E-state index contributed by atoms with van der Waals surface area (Å²) in [5.74, 6) is -2.04. The van der Waals surface area contributed by atoms with Gasteiger partial charge in [-0.25, -0.2) is 13.6 Å². The molecule has 2 aromatic carbocycles. The van der Waals surface area contributed by atoms with Crippen LogP contribution in [0.1, 0.15) is 10.4 Å². The first-order valence-corrected chi connectivity index (χ1v) is 6.52. The van der Waals surface area contributed by atoms with E-state index in [0.717, 1.165) is 11.5 Å². The van der Waals surface area contributed by atoms with Crippen LogP contribution in [-0.2, 0) is 4.74 Å². The second-order valence-electron chi connectivity index (χ2n) is 4.71. The molecule has 5 heteroatoms. The minimum atomic E-state index is -0.723. The Hall–Kier alpha value is -2.82. The molecule has 0 aliphatic carbocycles. The molecule has 3 rings (SSSR count). The Morgan fingerprint density at radius 1 is 1.09 bits per heavy atom. The van der Waals surface area contributed by atoms with E-state index in [4.69, 9.17) is 4.74 Å². The number of carbonyl (C=O) groups is 1. The summed E-state index contributed by atoms with van der Waals surface area (Å²) in [6.45, 7) is 0. The van der Waals surface area contributed by atoms with Crippen molar-refractivity contribution in [2.45, 2.75) is 0 Å². The van der Waals surface area contributed by atoms with Crippen molar-refractivity contribution in [2.75, 3.05) is 7.11 Å². The van der Waals surface area contributed by atoms with Gasteiger partial charge in [0, 0.05) is 23.2 Å². The number of hydrogen-bond acceptors (Lipinski definition) is 3. The van der Waals surface area contributed by atoms with E-state index in [9.17, 15) is 13.6 Å². The van der Waals surface area contributed by atoms with Crippen LogP contribution in [0.2, 0.25) is 0 Å². The van der Waals surface area contributed by atoms with Gasteiger partial charge in [0.1, 0.15) is 11.6 Å². The molecule has 0 aliphatic rings. The molecule has 0 atom stereocenters. The zero-order chi connectivity index (χ0) is 15.7. The molecule has 3 aromatic rings. The largest absolute Gasteiger partial charge is 0.465 e. The lowest BCUT2D eigenvalue weighted by Crippen LogP contribution is -2.05. The molecule has 0 saturated carbocycles. The SMILES string of the molecule is COC(=O)c1ccc2cccnc2c1-c1cc(F)cc(F)c1. The lowest BCUT2D eigenvalue weighted by molar-refractivity contribution is 0.0601. The van der Waals surface area contributed by atoms with Crippen LogP contribution < -0.4 is 0 Å². The van der Waals surface area contributed by atoms with Gasteiger partial charge in [-0.05, 0) is 29.8 Å². The van der Waals surface area contributed by atoms with Gasteiger partial charge in [0.15, 0.2) is 0 Å². The molecule has 0 unspecified atom stereocenters. The molecule has 1 aromatic heterocycles. The molecule has 0 amide bonds. The van der Waals surface area contributed by atoms with Crippen LogP contribution in [-0.4, -0.2) is 18.1 Å². The maximum Gasteiger partial charge on any atom is 0.338 e. The fraction of sp³-hybridized carbons (Fsp3) is 0.0588.